The molecular weight excluding hydrogens is 321 g/mol. The molecule has 0 heterocycles. The minimum atomic E-state index is -0.499. The van der Waals surface area contributed by atoms with Gasteiger partial charge in [0.15, 0.2) is 0 Å². The van der Waals surface area contributed by atoms with Gasteiger partial charge in [0.2, 0.25) is 0 Å². The maximum absolute atomic E-state index is 9.90. The summed E-state index contributed by atoms with van der Waals surface area (Å²) in [6.07, 6.45) is 0.336. The molecule has 0 radical (unpaired) electrons. The van der Waals surface area contributed by atoms with Crippen LogP contribution >= 0.6 is 23.2 Å². The van der Waals surface area contributed by atoms with Crippen molar-refractivity contribution in [1.82, 2.24) is 0 Å². The monoisotopic (exact) mass is 340 g/mol. The first-order valence-corrected chi connectivity index (χ1v) is 8.02. The zero-order valence-electron chi connectivity index (χ0n) is 12.2. The molecule has 0 aliphatic rings. The number of hydrogen-bond acceptors (Lipinski definition) is 2. The average Bonchev–Trinajstić information content (AvgIpc) is 2.52. The van der Waals surface area contributed by atoms with Crippen LogP contribution in [0.25, 0.3) is 0 Å². The molecule has 0 saturated carbocycles. The molecule has 2 aromatic rings. The van der Waals surface area contributed by atoms with Gasteiger partial charge in [0.1, 0.15) is 25.0 Å². The molecule has 2 rings (SSSR count). The smallest absolute Gasteiger partial charge is 0.137 e. The number of quaternary nitrogens is 1. The van der Waals surface area contributed by atoms with Gasteiger partial charge in [-0.05, 0) is 29.8 Å². The molecule has 0 fully saturated rings. The Morgan fingerprint density at radius 2 is 1.86 bits per heavy atom. The van der Waals surface area contributed by atoms with Crippen LogP contribution < -0.4 is 10.1 Å². The van der Waals surface area contributed by atoms with E-state index in [1.165, 1.54) is 0 Å². The van der Waals surface area contributed by atoms with Crippen LogP contribution in [-0.4, -0.2) is 30.9 Å². The van der Waals surface area contributed by atoms with Crippen molar-refractivity contribution in [1.29, 1.82) is 0 Å². The zero-order valence-corrected chi connectivity index (χ0v) is 13.7. The molecule has 2 aromatic carbocycles. The van der Waals surface area contributed by atoms with Gasteiger partial charge in [-0.2, -0.15) is 0 Å². The van der Waals surface area contributed by atoms with E-state index in [9.17, 15) is 5.11 Å². The fourth-order valence-corrected chi connectivity index (χ4v) is 2.57. The van der Waals surface area contributed by atoms with Gasteiger partial charge in [-0.25, -0.2) is 0 Å². The van der Waals surface area contributed by atoms with Crippen molar-refractivity contribution in [2.75, 3.05) is 19.7 Å². The summed E-state index contributed by atoms with van der Waals surface area (Å²) in [4.78, 5) is 0. The van der Waals surface area contributed by atoms with Crippen molar-refractivity contribution < 1.29 is 15.2 Å². The first kappa shape index (κ1) is 17.1. The predicted molar refractivity (Wildman–Crippen MR) is 89.8 cm³/mol. The number of benzene rings is 2. The van der Waals surface area contributed by atoms with Crippen molar-refractivity contribution in [2.24, 2.45) is 0 Å². The van der Waals surface area contributed by atoms with Gasteiger partial charge in [0, 0.05) is 16.5 Å². The standard InChI is InChI=1S/C17H19Cl2NO2/c18-14-7-6-13(17(19)10-14)8-9-20-11-15(21)12-22-16-4-2-1-3-5-16/h1-7,10,15,20-21H,8-9,11-12H2/p+1/t15-/m0/s1. The fraction of sp³-hybridized carbons (Fsp3) is 0.294. The van der Waals surface area contributed by atoms with Crippen molar-refractivity contribution in [3.8, 4) is 5.75 Å². The number of rotatable bonds is 8. The number of ether oxygens (including phenoxy) is 1. The normalized spacial score (nSPS) is 12.1. The molecule has 3 N–H and O–H groups in total. The summed E-state index contributed by atoms with van der Waals surface area (Å²) >= 11 is 12.0. The van der Waals surface area contributed by atoms with Crippen molar-refractivity contribution >= 4 is 23.2 Å². The Morgan fingerprint density at radius 1 is 1.09 bits per heavy atom. The SMILES string of the molecule is O[C@@H](C[NH2+]CCc1ccc(Cl)cc1Cl)COc1ccccc1. The van der Waals surface area contributed by atoms with Crippen LogP contribution in [0.3, 0.4) is 0 Å². The van der Waals surface area contributed by atoms with Crippen LogP contribution in [0.15, 0.2) is 48.5 Å². The average molecular weight is 341 g/mol. The van der Waals surface area contributed by atoms with E-state index in [1.807, 2.05) is 42.5 Å². The van der Waals surface area contributed by atoms with Gasteiger partial charge < -0.3 is 15.2 Å². The second-order valence-corrected chi connectivity index (χ2v) is 5.92. The second kappa shape index (κ2) is 9.01. The fourth-order valence-electron chi connectivity index (χ4n) is 2.07. The third-order valence-corrected chi connectivity index (χ3v) is 3.84. The number of para-hydroxylation sites is 1. The van der Waals surface area contributed by atoms with Crippen LogP contribution in [0.2, 0.25) is 10.0 Å². The Hall–Kier alpha value is -1.26. The van der Waals surface area contributed by atoms with Gasteiger partial charge in [-0.1, -0.05) is 47.5 Å². The van der Waals surface area contributed by atoms with E-state index in [-0.39, 0.29) is 0 Å². The molecule has 0 saturated heterocycles. The lowest BCUT2D eigenvalue weighted by Gasteiger charge is -2.11. The summed E-state index contributed by atoms with van der Waals surface area (Å²) in [6, 6.07) is 15.0. The molecule has 0 aromatic heterocycles. The minimum Gasteiger partial charge on any atom is -0.491 e. The molecule has 0 spiro atoms. The lowest BCUT2D eigenvalue weighted by molar-refractivity contribution is -0.660. The van der Waals surface area contributed by atoms with E-state index in [4.69, 9.17) is 27.9 Å². The van der Waals surface area contributed by atoms with Gasteiger partial charge in [0.25, 0.3) is 0 Å². The molecule has 5 heteroatoms. The van der Waals surface area contributed by atoms with E-state index >= 15 is 0 Å². The number of hydrogen-bond donors (Lipinski definition) is 2. The van der Waals surface area contributed by atoms with Crippen LogP contribution in [-0.2, 0) is 6.42 Å². The molecule has 0 amide bonds. The molecule has 22 heavy (non-hydrogen) atoms. The molecule has 118 valence electrons. The molecule has 3 nitrogen and oxygen atoms in total. The Bertz CT molecular complexity index is 578. The van der Waals surface area contributed by atoms with Crippen LogP contribution in [0.4, 0.5) is 0 Å². The quantitative estimate of drug-likeness (QED) is 0.725. The summed E-state index contributed by atoms with van der Waals surface area (Å²) < 4.78 is 5.51. The van der Waals surface area contributed by atoms with Crippen LogP contribution in [0.5, 0.6) is 5.75 Å². The number of aliphatic hydroxyl groups is 1. The highest BCUT2D eigenvalue weighted by Crippen LogP contribution is 2.20. The lowest BCUT2D eigenvalue weighted by Crippen LogP contribution is -2.87. The number of aliphatic hydroxyl groups excluding tert-OH is 1. The third-order valence-electron chi connectivity index (χ3n) is 3.26. The van der Waals surface area contributed by atoms with E-state index in [1.54, 1.807) is 6.07 Å². The number of nitrogens with two attached hydrogens (primary N) is 1. The zero-order chi connectivity index (χ0) is 15.8. The Kier molecular flexibility index (Phi) is 7.00. The molecule has 0 bridgehead atoms. The summed E-state index contributed by atoms with van der Waals surface area (Å²) in [7, 11) is 0. The molecular formula is C17H20Cl2NO2+. The van der Waals surface area contributed by atoms with Crippen molar-refractivity contribution in [3.05, 3.63) is 64.1 Å². The Balaban J connectivity index is 1.63. The minimum absolute atomic E-state index is 0.294. The summed E-state index contributed by atoms with van der Waals surface area (Å²) in [6.45, 7) is 1.74. The lowest BCUT2D eigenvalue weighted by atomic mass is 10.1. The molecule has 0 unspecified atom stereocenters. The summed E-state index contributed by atoms with van der Waals surface area (Å²) in [5, 5.41) is 13.3. The predicted octanol–water partition coefficient (Wildman–Crippen LogP) is 2.54. The first-order chi connectivity index (χ1) is 10.6. The molecule has 0 aliphatic carbocycles. The third kappa shape index (κ3) is 5.85. The summed E-state index contributed by atoms with van der Waals surface area (Å²) in [5.41, 5.74) is 1.07. The van der Waals surface area contributed by atoms with E-state index in [2.05, 4.69) is 5.32 Å². The highest BCUT2D eigenvalue weighted by atomic mass is 35.5. The maximum atomic E-state index is 9.90. The summed E-state index contributed by atoms with van der Waals surface area (Å²) in [5.74, 6) is 0.773. The highest BCUT2D eigenvalue weighted by molar-refractivity contribution is 6.35. The van der Waals surface area contributed by atoms with E-state index < -0.39 is 6.10 Å². The topological polar surface area (TPSA) is 46.1 Å². The van der Waals surface area contributed by atoms with E-state index in [0.717, 1.165) is 24.3 Å². The van der Waals surface area contributed by atoms with Crippen molar-refractivity contribution in [3.63, 3.8) is 0 Å². The Morgan fingerprint density at radius 3 is 2.59 bits per heavy atom. The van der Waals surface area contributed by atoms with E-state index in [0.29, 0.717) is 23.2 Å². The highest BCUT2D eigenvalue weighted by Gasteiger charge is 2.08. The van der Waals surface area contributed by atoms with Gasteiger partial charge in [0.05, 0.1) is 6.54 Å². The van der Waals surface area contributed by atoms with Crippen molar-refractivity contribution in [2.45, 2.75) is 12.5 Å². The van der Waals surface area contributed by atoms with Crippen LogP contribution in [0, 0.1) is 0 Å². The molecule has 1 atom stereocenters. The largest absolute Gasteiger partial charge is 0.491 e. The van der Waals surface area contributed by atoms with Crippen LogP contribution in [0.1, 0.15) is 5.56 Å². The Labute approximate surface area is 140 Å². The molecule has 0 aliphatic heterocycles. The number of halogens is 2. The first-order valence-electron chi connectivity index (χ1n) is 7.26. The second-order valence-electron chi connectivity index (χ2n) is 5.08. The maximum Gasteiger partial charge on any atom is 0.137 e. The van der Waals surface area contributed by atoms with Gasteiger partial charge >= 0.3 is 0 Å². The van der Waals surface area contributed by atoms with Gasteiger partial charge in [-0.3, -0.25) is 0 Å². The van der Waals surface area contributed by atoms with Gasteiger partial charge in [-0.15, -0.1) is 0 Å².